The van der Waals surface area contributed by atoms with Gasteiger partial charge in [0.25, 0.3) is 5.91 Å². The van der Waals surface area contributed by atoms with Crippen molar-refractivity contribution in [3.8, 4) is 0 Å². The fourth-order valence-electron chi connectivity index (χ4n) is 2.56. The highest BCUT2D eigenvalue weighted by atomic mass is 32.2. The van der Waals surface area contributed by atoms with Crippen LogP contribution in [0.3, 0.4) is 0 Å². The second kappa shape index (κ2) is 9.23. The first-order valence-corrected chi connectivity index (χ1v) is 9.77. The lowest BCUT2D eigenvalue weighted by Gasteiger charge is -2.07. The van der Waals surface area contributed by atoms with Gasteiger partial charge >= 0.3 is 5.97 Å². The molecule has 1 amide bonds. The first kappa shape index (κ1) is 19.7. The largest absolute Gasteiger partial charge is 0.451 e. The van der Waals surface area contributed by atoms with Gasteiger partial charge in [-0.25, -0.2) is 4.79 Å². The van der Waals surface area contributed by atoms with Crippen molar-refractivity contribution in [1.29, 1.82) is 0 Å². The standard InChI is InChI=1S/C21H20N2O4S/c1-14-6-8-15(9-7-14)28-11-10-22-20(25)13-27-21(26)18-12-19(24)16-4-2-3-5-17(16)23-18/h2-9,12H,10-11,13H2,1H3,(H,22,25)(H,23,24). The molecule has 7 heteroatoms. The summed E-state index contributed by atoms with van der Waals surface area (Å²) >= 11 is 1.63. The quantitative estimate of drug-likeness (QED) is 0.364. The van der Waals surface area contributed by atoms with Crippen LogP contribution in [0.4, 0.5) is 0 Å². The van der Waals surface area contributed by atoms with Crippen molar-refractivity contribution in [2.45, 2.75) is 11.8 Å². The number of para-hydroxylation sites is 1. The molecule has 0 aliphatic carbocycles. The summed E-state index contributed by atoms with van der Waals surface area (Å²) in [6, 6.07) is 16.2. The zero-order chi connectivity index (χ0) is 19.9. The molecule has 28 heavy (non-hydrogen) atoms. The van der Waals surface area contributed by atoms with Crippen LogP contribution in [0, 0.1) is 6.92 Å². The molecule has 2 aromatic carbocycles. The number of carbonyl (C=O) groups excluding carboxylic acids is 2. The molecular weight excluding hydrogens is 376 g/mol. The first-order valence-electron chi connectivity index (χ1n) is 8.78. The third-order valence-corrected chi connectivity index (χ3v) is 5.02. The Morgan fingerprint density at radius 1 is 1.11 bits per heavy atom. The Morgan fingerprint density at radius 2 is 1.86 bits per heavy atom. The number of aromatic amines is 1. The van der Waals surface area contributed by atoms with E-state index in [4.69, 9.17) is 4.74 Å². The van der Waals surface area contributed by atoms with E-state index in [2.05, 4.69) is 10.3 Å². The fourth-order valence-corrected chi connectivity index (χ4v) is 3.33. The third-order valence-electron chi connectivity index (χ3n) is 4.01. The molecule has 0 saturated heterocycles. The van der Waals surface area contributed by atoms with Crippen LogP contribution in [-0.2, 0) is 9.53 Å². The summed E-state index contributed by atoms with van der Waals surface area (Å²) in [6.07, 6.45) is 0. The summed E-state index contributed by atoms with van der Waals surface area (Å²) in [4.78, 5) is 40.0. The molecule has 0 unspecified atom stereocenters. The highest BCUT2D eigenvalue weighted by molar-refractivity contribution is 7.99. The molecular formula is C21H20N2O4S. The summed E-state index contributed by atoms with van der Waals surface area (Å²) in [5.41, 5.74) is 1.48. The van der Waals surface area contributed by atoms with E-state index < -0.39 is 12.6 Å². The van der Waals surface area contributed by atoms with Crippen molar-refractivity contribution in [1.82, 2.24) is 10.3 Å². The molecule has 3 aromatic rings. The van der Waals surface area contributed by atoms with Gasteiger partial charge in [0.15, 0.2) is 12.0 Å². The molecule has 3 rings (SSSR count). The van der Waals surface area contributed by atoms with Crippen LogP contribution in [-0.4, -0.2) is 35.8 Å². The van der Waals surface area contributed by atoms with Gasteiger partial charge in [-0.05, 0) is 31.2 Å². The zero-order valence-corrected chi connectivity index (χ0v) is 16.2. The lowest BCUT2D eigenvalue weighted by atomic mass is 10.2. The van der Waals surface area contributed by atoms with Crippen LogP contribution in [0.5, 0.6) is 0 Å². The van der Waals surface area contributed by atoms with Gasteiger partial charge < -0.3 is 15.0 Å². The molecule has 1 heterocycles. The van der Waals surface area contributed by atoms with Gasteiger partial charge in [0, 0.05) is 34.2 Å². The zero-order valence-electron chi connectivity index (χ0n) is 15.4. The number of carbonyl (C=O) groups is 2. The number of hydrogen-bond donors (Lipinski definition) is 2. The average molecular weight is 396 g/mol. The minimum atomic E-state index is -0.743. The van der Waals surface area contributed by atoms with Gasteiger partial charge in [0.05, 0.1) is 0 Å². The minimum Gasteiger partial charge on any atom is -0.451 e. The summed E-state index contributed by atoms with van der Waals surface area (Å²) in [5, 5.41) is 3.19. The first-order chi connectivity index (χ1) is 13.5. The molecule has 6 nitrogen and oxygen atoms in total. The van der Waals surface area contributed by atoms with Crippen LogP contribution in [0.25, 0.3) is 10.9 Å². The van der Waals surface area contributed by atoms with Crippen molar-refractivity contribution in [3.63, 3.8) is 0 Å². The lowest BCUT2D eigenvalue weighted by Crippen LogP contribution is -2.30. The highest BCUT2D eigenvalue weighted by Crippen LogP contribution is 2.17. The van der Waals surface area contributed by atoms with Crippen molar-refractivity contribution in [2.24, 2.45) is 0 Å². The van der Waals surface area contributed by atoms with Crippen molar-refractivity contribution in [2.75, 3.05) is 18.9 Å². The SMILES string of the molecule is Cc1ccc(SCCNC(=O)COC(=O)c2cc(=O)c3ccccc3[nH]2)cc1. The van der Waals surface area contributed by atoms with Crippen molar-refractivity contribution < 1.29 is 14.3 Å². The van der Waals surface area contributed by atoms with E-state index in [1.807, 2.05) is 31.2 Å². The van der Waals surface area contributed by atoms with Crippen LogP contribution in [0.2, 0.25) is 0 Å². The summed E-state index contributed by atoms with van der Waals surface area (Å²) in [5.74, 6) is -0.422. The van der Waals surface area contributed by atoms with E-state index in [1.54, 1.807) is 36.0 Å². The number of rotatable bonds is 7. The number of aryl methyl sites for hydroxylation is 1. The summed E-state index contributed by atoms with van der Waals surface area (Å²) in [6.45, 7) is 2.09. The Kier molecular flexibility index (Phi) is 6.49. The number of amides is 1. The smallest absolute Gasteiger partial charge is 0.355 e. The Labute approximate surface area is 166 Å². The van der Waals surface area contributed by atoms with Gasteiger partial charge in [-0.15, -0.1) is 11.8 Å². The predicted octanol–water partition coefficient (Wildman–Crippen LogP) is 2.90. The van der Waals surface area contributed by atoms with Gasteiger partial charge in [0.2, 0.25) is 0 Å². The van der Waals surface area contributed by atoms with Gasteiger partial charge in [-0.1, -0.05) is 29.8 Å². The third kappa shape index (κ3) is 5.23. The molecule has 0 spiro atoms. The molecule has 0 atom stereocenters. The van der Waals surface area contributed by atoms with E-state index >= 15 is 0 Å². The Hall–Kier alpha value is -3.06. The monoisotopic (exact) mass is 396 g/mol. The topological polar surface area (TPSA) is 88.3 Å². The molecule has 0 bridgehead atoms. The van der Waals surface area contributed by atoms with E-state index in [1.165, 1.54) is 11.6 Å². The lowest BCUT2D eigenvalue weighted by molar-refractivity contribution is -0.124. The summed E-state index contributed by atoms with van der Waals surface area (Å²) < 4.78 is 4.99. The van der Waals surface area contributed by atoms with E-state index in [9.17, 15) is 14.4 Å². The van der Waals surface area contributed by atoms with Crippen molar-refractivity contribution in [3.05, 3.63) is 76.1 Å². The number of H-pyrrole nitrogens is 1. The molecule has 0 radical (unpaired) electrons. The van der Waals surface area contributed by atoms with Gasteiger partial charge in [-0.2, -0.15) is 0 Å². The number of fused-ring (bicyclic) bond motifs is 1. The maximum Gasteiger partial charge on any atom is 0.355 e. The molecule has 0 aliphatic rings. The van der Waals surface area contributed by atoms with E-state index in [0.29, 0.717) is 23.2 Å². The van der Waals surface area contributed by atoms with E-state index in [-0.39, 0.29) is 17.0 Å². The maximum absolute atomic E-state index is 12.1. The van der Waals surface area contributed by atoms with Crippen LogP contribution < -0.4 is 10.7 Å². The second-order valence-corrected chi connectivity index (χ2v) is 7.35. The predicted molar refractivity (Wildman–Crippen MR) is 110 cm³/mol. The van der Waals surface area contributed by atoms with Crippen LogP contribution in [0.15, 0.2) is 64.3 Å². The average Bonchev–Trinajstić information content (AvgIpc) is 2.70. The molecule has 2 N–H and O–H groups in total. The number of pyridine rings is 1. The Balaban J connectivity index is 1.44. The number of hydrogen-bond acceptors (Lipinski definition) is 5. The number of esters is 1. The number of aromatic nitrogens is 1. The molecule has 0 saturated carbocycles. The fraction of sp³-hybridized carbons (Fsp3) is 0.190. The minimum absolute atomic E-state index is 0.0198. The molecule has 0 fully saturated rings. The number of benzene rings is 2. The Bertz CT molecular complexity index is 1040. The second-order valence-electron chi connectivity index (χ2n) is 6.18. The normalized spacial score (nSPS) is 10.6. The molecule has 0 aliphatic heterocycles. The maximum atomic E-state index is 12.1. The number of thioether (sulfide) groups is 1. The summed E-state index contributed by atoms with van der Waals surface area (Å²) in [7, 11) is 0. The highest BCUT2D eigenvalue weighted by Gasteiger charge is 2.13. The molecule has 144 valence electrons. The van der Waals surface area contributed by atoms with E-state index in [0.717, 1.165) is 4.90 Å². The van der Waals surface area contributed by atoms with Gasteiger partial charge in [-0.3, -0.25) is 9.59 Å². The molecule has 1 aromatic heterocycles. The van der Waals surface area contributed by atoms with Crippen molar-refractivity contribution >= 4 is 34.5 Å². The van der Waals surface area contributed by atoms with Crippen LogP contribution in [0.1, 0.15) is 16.1 Å². The van der Waals surface area contributed by atoms with Crippen LogP contribution >= 0.6 is 11.8 Å². The Morgan fingerprint density at radius 3 is 2.64 bits per heavy atom. The van der Waals surface area contributed by atoms with Gasteiger partial charge in [0.1, 0.15) is 5.69 Å². The number of nitrogens with one attached hydrogen (secondary N) is 2. The number of ether oxygens (including phenoxy) is 1.